The van der Waals surface area contributed by atoms with Crippen molar-refractivity contribution in [3.05, 3.63) is 30.0 Å². The summed E-state index contributed by atoms with van der Waals surface area (Å²) in [6, 6.07) is 6.84. The number of hydrogen-bond acceptors (Lipinski definition) is 5. The van der Waals surface area contributed by atoms with Gasteiger partial charge < -0.3 is 25.3 Å². The number of carbonyl (C=O) groups excluding carboxylic acids is 1. The van der Waals surface area contributed by atoms with Gasteiger partial charge >= 0.3 is 0 Å². The Bertz CT molecular complexity index is 594. The van der Waals surface area contributed by atoms with Gasteiger partial charge in [0, 0.05) is 24.7 Å². The van der Waals surface area contributed by atoms with Crippen molar-refractivity contribution in [3.63, 3.8) is 0 Å². The van der Waals surface area contributed by atoms with Crippen LogP contribution in [0.1, 0.15) is 17.0 Å². The Balaban J connectivity index is 1.94. The zero-order chi connectivity index (χ0) is 14.5. The predicted molar refractivity (Wildman–Crippen MR) is 75.5 cm³/mol. The molecular weight excluding hydrogens is 260 g/mol. The molecule has 1 atom stereocenters. The van der Waals surface area contributed by atoms with Gasteiger partial charge in [-0.3, -0.25) is 4.79 Å². The summed E-state index contributed by atoms with van der Waals surface area (Å²) in [5.74, 6) is -0.0868. The summed E-state index contributed by atoms with van der Waals surface area (Å²) < 4.78 is 10.2. The fraction of sp³-hybridized carbons (Fsp3) is 0.357. The fourth-order valence-corrected chi connectivity index (χ4v) is 1.89. The molecule has 0 fully saturated rings. The summed E-state index contributed by atoms with van der Waals surface area (Å²) in [7, 11) is 1.52. The van der Waals surface area contributed by atoms with E-state index < -0.39 is 6.10 Å². The minimum Gasteiger partial charge on any atom is -0.451 e. The molecule has 1 amide bonds. The van der Waals surface area contributed by atoms with Crippen molar-refractivity contribution in [2.24, 2.45) is 0 Å². The van der Waals surface area contributed by atoms with E-state index >= 15 is 0 Å². The van der Waals surface area contributed by atoms with Crippen molar-refractivity contribution in [2.45, 2.75) is 12.5 Å². The Hall–Kier alpha value is -2.05. The SMILES string of the molecule is COCC(O)CCNC(=O)c1cc2cc(N)ccc2o1. The van der Waals surface area contributed by atoms with Crippen molar-refractivity contribution in [1.29, 1.82) is 0 Å². The van der Waals surface area contributed by atoms with Crippen LogP contribution in [0, 0.1) is 0 Å². The molecule has 108 valence electrons. The lowest BCUT2D eigenvalue weighted by molar-refractivity contribution is 0.0586. The van der Waals surface area contributed by atoms with Gasteiger partial charge in [-0.25, -0.2) is 0 Å². The van der Waals surface area contributed by atoms with Crippen LogP contribution >= 0.6 is 0 Å². The topological polar surface area (TPSA) is 97.7 Å². The van der Waals surface area contributed by atoms with Crippen molar-refractivity contribution >= 4 is 22.6 Å². The highest BCUT2D eigenvalue weighted by atomic mass is 16.5. The third-order valence-corrected chi connectivity index (χ3v) is 2.89. The summed E-state index contributed by atoms with van der Waals surface area (Å²) >= 11 is 0. The van der Waals surface area contributed by atoms with Gasteiger partial charge in [0.05, 0.1) is 12.7 Å². The average molecular weight is 278 g/mol. The zero-order valence-electron chi connectivity index (χ0n) is 11.3. The van der Waals surface area contributed by atoms with E-state index in [1.54, 1.807) is 24.3 Å². The molecule has 6 nitrogen and oxygen atoms in total. The minimum atomic E-state index is -0.587. The van der Waals surface area contributed by atoms with Gasteiger partial charge in [-0.05, 0) is 30.7 Å². The molecule has 1 unspecified atom stereocenters. The Morgan fingerprint density at radius 1 is 1.50 bits per heavy atom. The van der Waals surface area contributed by atoms with Crippen molar-refractivity contribution in [1.82, 2.24) is 5.32 Å². The Labute approximate surface area is 116 Å². The van der Waals surface area contributed by atoms with E-state index in [4.69, 9.17) is 14.9 Å². The first kappa shape index (κ1) is 14.4. The largest absolute Gasteiger partial charge is 0.451 e. The van der Waals surface area contributed by atoms with Gasteiger partial charge in [0.2, 0.25) is 0 Å². The molecule has 20 heavy (non-hydrogen) atoms. The van der Waals surface area contributed by atoms with Crippen LogP contribution in [-0.2, 0) is 4.74 Å². The first-order valence-corrected chi connectivity index (χ1v) is 6.34. The number of aliphatic hydroxyl groups is 1. The molecule has 2 aromatic rings. The molecule has 1 aromatic heterocycles. The smallest absolute Gasteiger partial charge is 0.287 e. The van der Waals surface area contributed by atoms with Crippen LogP contribution in [0.3, 0.4) is 0 Å². The summed E-state index contributed by atoms with van der Waals surface area (Å²) in [6.45, 7) is 0.600. The van der Waals surface area contributed by atoms with Crippen LogP contribution in [-0.4, -0.2) is 37.4 Å². The number of carbonyl (C=O) groups is 1. The zero-order valence-corrected chi connectivity index (χ0v) is 11.3. The molecule has 0 aliphatic carbocycles. The second-order valence-corrected chi connectivity index (χ2v) is 4.56. The van der Waals surface area contributed by atoms with E-state index in [2.05, 4.69) is 5.32 Å². The lowest BCUT2D eigenvalue weighted by atomic mass is 10.2. The number of rotatable bonds is 6. The molecule has 0 saturated heterocycles. The third-order valence-electron chi connectivity index (χ3n) is 2.89. The number of anilines is 1. The highest BCUT2D eigenvalue weighted by Gasteiger charge is 2.12. The molecule has 6 heteroatoms. The molecule has 0 aliphatic heterocycles. The van der Waals surface area contributed by atoms with Crippen molar-refractivity contribution < 1.29 is 19.1 Å². The van der Waals surface area contributed by atoms with Gasteiger partial charge in [0.15, 0.2) is 5.76 Å². The number of hydrogen-bond donors (Lipinski definition) is 3. The third kappa shape index (κ3) is 3.49. The second-order valence-electron chi connectivity index (χ2n) is 4.56. The summed E-state index contributed by atoms with van der Waals surface area (Å²) in [4.78, 5) is 11.9. The quantitative estimate of drug-likeness (QED) is 0.688. The van der Waals surface area contributed by atoms with Crippen LogP contribution in [0.5, 0.6) is 0 Å². The molecule has 0 saturated carbocycles. The number of nitrogen functional groups attached to an aromatic ring is 1. The molecular formula is C14H18N2O4. The normalized spacial score (nSPS) is 12.5. The Morgan fingerprint density at radius 3 is 3.05 bits per heavy atom. The van der Waals surface area contributed by atoms with E-state index in [1.165, 1.54) is 7.11 Å². The summed E-state index contributed by atoms with van der Waals surface area (Å²) in [5.41, 5.74) is 6.90. The second kappa shape index (κ2) is 6.40. The van der Waals surface area contributed by atoms with E-state index in [9.17, 15) is 9.90 Å². The number of amides is 1. The maximum Gasteiger partial charge on any atom is 0.287 e. The molecule has 0 bridgehead atoms. The maximum atomic E-state index is 11.9. The van der Waals surface area contributed by atoms with Gasteiger partial charge in [-0.1, -0.05) is 0 Å². The van der Waals surface area contributed by atoms with Crippen molar-refractivity contribution in [3.8, 4) is 0 Å². The lowest BCUT2D eigenvalue weighted by Gasteiger charge is -2.09. The monoisotopic (exact) mass is 278 g/mol. The van der Waals surface area contributed by atoms with Gasteiger partial charge in [0.1, 0.15) is 5.58 Å². The minimum absolute atomic E-state index is 0.229. The van der Waals surface area contributed by atoms with Crippen LogP contribution in [0.25, 0.3) is 11.0 Å². The highest BCUT2D eigenvalue weighted by Crippen LogP contribution is 2.21. The van der Waals surface area contributed by atoms with Crippen LogP contribution in [0.4, 0.5) is 5.69 Å². The molecule has 2 rings (SSSR count). The maximum absolute atomic E-state index is 11.9. The summed E-state index contributed by atoms with van der Waals surface area (Å²) in [5, 5.41) is 12.9. The lowest BCUT2D eigenvalue weighted by Crippen LogP contribution is -2.28. The fourth-order valence-electron chi connectivity index (χ4n) is 1.89. The standard InChI is InChI=1S/C14H18N2O4/c1-19-8-11(17)4-5-16-14(18)13-7-9-6-10(15)2-3-12(9)20-13/h2-3,6-7,11,17H,4-5,8,15H2,1H3,(H,16,18). The Kier molecular flexibility index (Phi) is 4.60. The number of methoxy groups -OCH3 is 1. The molecule has 0 aliphatic rings. The first-order valence-electron chi connectivity index (χ1n) is 6.34. The number of nitrogens with two attached hydrogens (primary N) is 1. The van der Waals surface area contributed by atoms with Gasteiger partial charge in [-0.15, -0.1) is 0 Å². The Morgan fingerprint density at radius 2 is 2.30 bits per heavy atom. The molecule has 0 radical (unpaired) electrons. The van der Waals surface area contributed by atoms with E-state index in [-0.39, 0.29) is 18.3 Å². The van der Waals surface area contributed by atoms with Gasteiger partial charge in [0.25, 0.3) is 5.91 Å². The number of nitrogens with one attached hydrogen (secondary N) is 1. The molecule has 1 heterocycles. The number of ether oxygens (including phenoxy) is 1. The summed E-state index contributed by atoms with van der Waals surface area (Å²) in [6.07, 6.45) is -0.164. The number of furan rings is 1. The highest BCUT2D eigenvalue weighted by molar-refractivity contribution is 5.96. The first-order chi connectivity index (χ1) is 9.60. The van der Waals surface area contributed by atoms with E-state index in [0.717, 1.165) is 5.39 Å². The van der Waals surface area contributed by atoms with Gasteiger partial charge in [-0.2, -0.15) is 0 Å². The van der Waals surface area contributed by atoms with Crippen LogP contribution in [0.2, 0.25) is 0 Å². The van der Waals surface area contributed by atoms with E-state index in [0.29, 0.717) is 24.2 Å². The molecule has 0 spiro atoms. The van der Waals surface area contributed by atoms with Crippen LogP contribution in [0.15, 0.2) is 28.7 Å². The predicted octanol–water partition coefficient (Wildman–Crippen LogP) is 1.14. The average Bonchev–Trinajstić information content (AvgIpc) is 2.82. The van der Waals surface area contributed by atoms with Crippen LogP contribution < -0.4 is 11.1 Å². The molecule has 1 aromatic carbocycles. The van der Waals surface area contributed by atoms with E-state index in [1.807, 2.05) is 0 Å². The van der Waals surface area contributed by atoms with Crippen molar-refractivity contribution in [2.75, 3.05) is 26.0 Å². The molecule has 4 N–H and O–H groups in total. The number of aliphatic hydroxyl groups excluding tert-OH is 1. The number of fused-ring (bicyclic) bond motifs is 1. The number of benzene rings is 1.